The first kappa shape index (κ1) is 20.1. The molecule has 3 aromatic rings. The number of rotatable bonds is 8. The number of nitrogens with zero attached hydrogens (tertiary/aromatic N) is 3. The normalized spacial score (nSPS) is 12.0. The van der Waals surface area contributed by atoms with Crippen molar-refractivity contribution in [3.05, 3.63) is 65.7 Å². The van der Waals surface area contributed by atoms with Gasteiger partial charge in [0, 0.05) is 18.7 Å². The van der Waals surface area contributed by atoms with Crippen LogP contribution in [0.1, 0.15) is 24.5 Å². The summed E-state index contributed by atoms with van der Waals surface area (Å²) < 4.78 is 1.94. The lowest BCUT2D eigenvalue weighted by atomic mass is 10.1. The van der Waals surface area contributed by atoms with E-state index in [9.17, 15) is 4.79 Å². The number of aromatic nitrogens is 3. The average molecular weight is 395 g/mol. The molecule has 28 heavy (non-hydrogen) atoms. The average Bonchev–Trinajstić information content (AvgIpc) is 3.06. The summed E-state index contributed by atoms with van der Waals surface area (Å²) in [5.41, 5.74) is 3.50. The smallest absolute Gasteiger partial charge is 0.230 e. The Morgan fingerprint density at radius 3 is 2.57 bits per heavy atom. The third-order valence-corrected chi connectivity index (χ3v) is 5.69. The van der Waals surface area contributed by atoms with Crippen LogP contribution in [-0.4, -0.2) is 32.5 Å². The van der Waals surface area contributed by atoms with Crippen molar-refractivity contribution in [2.24, 2.45) is 7.05 Å². The van der Waals surface area contributed by atoms with Crippen molar-refractivity contribution < 1.29 is 4.79 Å². The van der Waals surface area contributed by atoms with Gasteiger partial charge in [0.15, 0.2) is 11.0 Å². The van der Waals surface area contributed by atoms with E-state index in [2.05, 4.69) is 40.6 Å². The minimum Gasteiger partial charge on any atom is -0.353 e. The van der Waals surface area contributed by atoms with Gasteiger partial charge in [-0.05, 0) is 37.8 Å². The van der Waals surface area contributed by atoms with Crippen molar-refractivity contribution in [2.75, 3.05) is 5.75 Å². The number of thioether (sulfide) groups is 1. The molecule has 0 aliphatic rings. The van der Waals surface area contributed by atoms with Gasteiger partial charge in [-0.3, -0.25) is 4.79 Å². The van der Waals surface area contributed by atoms with E-state index in [0.29, 0.717) is 5.75 Å². The van der Waals surface area contributed by atoms with Gasteiger partial charge >= 0.3 is 0 Å². The van der Waals surface area contributed by atoms with Crippen LogP contribution in [0, 0.1) is 6.92 Å². The maximum atomic E-state index is 12.3. The highest BCUT2D eigenvalue weighted by molar-refractivity contribution is 7.99. The predicted octanol–water partition coefficient (Wildman–Crippen LogP) is 4.02. The number of amides is 1. The fourth-order valence-corrected chi connectivity index (χ4v) is 3.77. The fourth-order valence-electron chi connectivity index (χ4n) is 3.05. The van der Waals surface area contributed by atoms with Crippen LogP contribution in [0.5, 0.6) is 0 Å². The summed E-state index contributed by atoms with van der Waals surface area (Å²) in [5, 5.41) is 12.4. The van der Waals surface area contributed by atoms with Crippen molar-refractivity contribution in [1.82, 2.24) is 20.1 Å². The molecule has 0 saturated carbocycles. The van der Waals surface area contributed by atoms with Gasteiger partial charge in [0.1, 0.15) is 0 Å². The molecule has 1 atom stereocenters. The molecule has 0 spiro atoms. The molecule has 146 valence electrons. The number of carbonyl (C=O) groups is 1. The minimum absolute atomic E-state index is 0.0194. The summed E-state index contributed by atoms with van der Waals surface area (Å²) in [6.45, 7) is 4.10. The van der Waals surface area contributed by atoms with Gasteiger partial charge in [0.25, 0.3) is 0 Å². The monoisotopic (exact) mass is 394 g/mol. The molecular weight excluding hydrogens is 368 g/mol. The molecule has 1 N–H and O–H groups in total. The van der Waals surface area contributed by atoms with Crippen molar-refractivity contribution in [2.45, 2.75) is 37.9 Å². The molecule has 0 radical (unpaired) electrons. The predicted molar refractivity (Wildman–Crippen MR) is 114 cm³/mol. The molecule has 0 aliphatic carbocycles. The molecule has 0 unspecified atom stereocenters. The van der Waals surface area contributed by atoms with Crippen molar-refractivity contribution >= 4 is 17.7 Å². The Labute approximate surface area is 170 Å². The largest absolute Gasteiger partial charge is 0.353 e. The highest BCUT2D eigenvalue weighted by atomic mass is 32.2. The highest BCUT2D eigenvalue weighted by Gasteiger charge is 2.15. The molecule has 0 fully saturated rings. The van der Waals surface area contributed by atoms with Crippen LogP contribution in [-0.2, 0) is 18.3 Å². The van der Waals surface area contributed by atoms with E-state index in [0.717, 1.165) is 34.9 Å². The Hall–Kier alpha value is -2.60. The number of hydrogen-bond donors (Lipinski definition) is 1. The lowest BCUT2D eigenvalue weighted by Gasteiger charge is -2.13. The fraction of sp³-hybridized carbons (Fsp3) is 0.318. The van der Waals surface area contributed by atoms with E-state index in [4.69, 9.17) is 0 Å². The summed E-state index contributed by atoms with van der Waals surface area (Å²) in [4.78, 5) is 12.3. The van der Waals surface area contributed by atoms with Crippen molar-refractivity contribution in [3.63, 3.8) is 0 Å². The maximum Gasteiger partial charge on any atom is 0.230 e. The first-order chi connectivity index (χ1) is 13.5. The molecule has 0 bridgehead atoms. The third kappa shape index (κ3) is 5.23. The zero-order valence-corrected chi connectivity index (χ0v) is 17.4. The Bertz CT molecular complexity index is 923. The van der Waals surface area contributed by atoms with Gasteiger partial charge in [0.05, 0.1) is 5.75 Å². The molecule has 2 aromatic carbocycles. The molecule has 0 saturated heterocycles. The Kier molecular flexibility index (Phi) is 6.87. The summed E-state index contributed by atoms with van der Waals surface area (Å²) in [5.74, 6) is 1.17. The van der Waals surface area contributed by atoms with Crippen LogP contribution >= 0.6 is 11.8 Å². The molecule has 1 heterocycles. The van der Waals surface area contributed by atoms with Crippen LogP contribution in [0.4, 0.5) is 0 Å². The topological polar surface area (TPSA) is 59.8 Å². The molecule has 6 heteroatoms. The van der Waals surface area contributed by atoms with E-state index >= 15 is 0 Å². The second-order valence-electron chi connectivity index (χ2n) is 6.96. The summed E-state index contributed by atoms with van der Waals surface area (Å²) >= 11 is 1.41. The maximum absolute atomic E-state index is 12.3. The quantitative estimate of drug-likeness (QED) is 0.586. The van der Waals surface area contributed by atoms with Crippen LogP contribution in [0.25, 0.3) is 11.4 Å². The zero-order chi connectivity index (χ0) is 19.9. The molecule has 1 aromatic heterocycles. The number of benzene rings is 2. The number of nitrogens with one attached hydrogen (secondary N) is 1. The Balaban J connectivity index is 1.50. The summed E-state index contributed by atoms with van der Waals surface area (Å²) in [7, 11) is 1.94. The first-order valence-corrected chi connectivity index (χ1v) is 10.4. The second-order valence-corrected chi connectivity index (χ2v) is 7.90. The van der Waals surface area contributed by atoms with Gasteiger partial charge in [-0.2, -0.15) is 0 Å². The lowest BCUT2D eigenvalue weighted by molar-refractivity contribution is -0.119. The van der Waals surface area contributed by atoms with Gasteiger partial charge in [-0.25, -0.2) is 0 Å². The molecule has 0 aliphatic heterocycles. The summed E-state index contributed by atoms with van der Waals surface area (Å²) in [6, 6.07) is 18.6. The van der Waals surface area contributed by atoms with Gasteiger partial charge in [-0.1, -0.05) is 66.4 Å². The number of hydrogen-bond acceptors (Lipinski definition) is 4. The Morgan fingerprint density at radius 2 is 1.82 bits per heavy atom. The second kappa shape index (κ2) is 9.55. The summed E-state index contributed by atoms with van der Waals surface area (Å²) in [6.07, 6.45) is 1.88. The molecular formula is C22H26N4OS. The van der Waals surface area contributed by atoms with Crippen LogP contribution in [0.2, 0.25) is 0 Å². The number of carbonyl (C=O) groups excluding carboxylic acids is 1. The van der Waals surface area contributed by atoms with Crippen LogP contribution < -0.4 is 5.32 Å². The molecule has 3 rings (SSSR count). The minimum atomic E-state index is 0.0194. The van der Waals surface area contributed by atoms with Crippen molar-refractivity contribution in [3.8, 4) is 11.4 Å². The van der Waals surface area contributed by atoms with Gasteiger partial charge in [-0.15, -0.1) is 10.2 Å². The SMILES string of the molecule is Cc1ccccc1-c1nnc(SCC(=O)N[C@@H](C)CCc2ccccc2)n1C. The van der Waals surface area contributed by atoms with E-state index in [1.807, 2.05) is 54.9 Å². The van der Waals surface area contributed by atoms with Crippen LogP contribution in [0.3, 0.4) is 0 Å². The van der Waals surface area contributed by atoms with Gasteiger partial charge in [0.2, 0.25) is 5.91 Å². The number of aryl methyl sites for hydroxylation is 2. The van der Waals surface area contributed by atoms with Crippen molar-refractivity contribution in [1.29, 1.82) is 0 Å². The van der Waals surface area contributed by atoms with E-state index < -0.39 is 0 Å². The van der Waals surface area contributed by atoms with E-state index in [1.54, 1.807) is 0 Å². The third-order valence-electron chi connectivity index (χ3n) is 4.67. The highest BCUT2D eigenvalue weighted by Crippen LogP contribution is 2.24. The Morgan fingerprint density at radius 1 is 1.11 bits per heavy atom. The molecule has 1 amide bonds. The van der Waals surface area contributed by atoms with E-state index in [1.165, 1.54) is 17.3 Å². The van der Waals surface area contributed by atoms with Gasteiger partial charge < -0.3 is 9.88 Å². The first-order valence-electron chi connectivity index (χ1n) is 9.46. The zero-order valence-electron chi connectivity index (χ0n) is 16.6. The van der Waals surface area contributed by atoms with Crippen LogP contribution in [0.15, 0.2) is 59.8 Å². The van der Waals surface area contributed by atoms with E-state index in [-0.39, 0.29) is 11.9 Å². The lowest BCUT2D eigenvalue weighted by Crippen LogP contribution is -2.34. The molecule has 5 nitrogen and oxygen atoms in total. The standard InChI is InChI=1S/C22H26N4OS/c1-16-9-7-8-12-19(16)21-24-25-22(26(21)3)28-15-20(27)23-17(2)13-14-18-10-5-4-6-11-18/h4-12,17H,13-15H2,1-3H3,(H,23,27)/t17-/m0/s1.